The number of nitrogens with two attached hydrogens (primary N) is 1. The molecule has 1 aromatic carbocycles. The fourth-order valence-electron chi connectivity index (χ4n) is 1.52. The zero-order chi connectivity index (χ0) is 13.7. The lowest BCUT2D eigenvalue weighted by Gasteiger charge is -2.18. The molecule has 0 aliphatic heterocycles. The Balaban J connectivity index is 2.60. The molecule has 0 heterocycles. The molecule has 18 heavy (non-hydrogen) atoms. The van der Waals surface area contributed by atoms with Crippen LogP contribution in [0.2, 0.25) is 0 Å². The van der Waals surface area contributed by atoms with Crippen LogP contribution in [-0.2, 0) is 4.74 Å². The maximum absolute atomic E-state index is 12.1. The molecule has 100 valence electrons. The first kappa shape index (κ1) is 14.5. The number of aryl methyl sites for hydroxylation is 1. The lowest BCUT2D eigenvalue weighted by Crippen LogP contribution is -2.30. The zero-order valence-electron chi connectivity index (χ0n) is 11.6. The van der Waals surface area contributed by atoms with Gasteiger partial charge in [-0.3, -0.25) is 4.79 Å². The molecule has 0 aliphatic rings. The van der Waals surface area contributed by atoms with E-state index < -0.39 is 0 Å². The molecule has 2 N–H and O–H groups in total. The van der Waals surface area contributed by atoms with Crippen molar-refractivity contribution in [2.75, 3.05) is 25.9 Å². The van der Waals surface area contributed by atoms with Crippen LogP contribution in [0.4, 0.5) is 5.69 Å². The average molecular weight is 250 g/mol. The van der Waals surface area contributed by atoms with Gasteiger partial charge in [0.05, 0.1) is 12.7 Å². The molecule has 0 unspecified atom stereocenters. The van der Waals surface area contributed by atoms with Crippen molar-refractivity contribution in [1.82, 2.24) is 4.90 Å². The minimum atomic E-state index is -0.0333. The normalized spacial score (nSPS) is 10.7. The maximum Gasteiger partial charge on any atom is 0.253 e. The van der Waals surface area contributed by atoms with Gasteiger partial charge in [-0.05, 0) is 38.5 Å². The summed E-state index contributed by atoms with van der Waals surface area (Å²) in [6.07, 6.45) is 0.184. The molecule has 0 atom stereocenters. The zero-order valence-corrected chi connectivity index (χ0v) is 11.6. The predicted octanol–water partition coefficient (Wildman–Crippen LogP) is 2.07. The Morgan fingerprint density at radius 2 is 2.11 bits per heavy atom. The van der Waals surface area contributed by atoms with E-state index in [1.165, 1.54) is 0 Å². The van der Waals surface area contributed by atoms with Crippen LogP contribution < -0.4 is 5.73 Å². The van der Waals surface area contributed by atoms with Crippen molar-refractivity contribution in [2.45, 2.75) is 26.9 Å². The molecule has 0 spiro atoms. The van der Waals surface area contributed by atoms with Crippen molar-refractivity contribution < 1.29 is 9.53 Å². The van der Waals surface area contributed by atoms with Crippen molar-refractivity contribution >= 4 is 11.6 Å². The van der Waals surface area contributed by atoms with Crippen LogP contribution in [0.5, 0.6) is 0 Å². The molecule has 0 aromatic heterocycles. The van der Waals surface area contributed by atoms with E-state index in [2.05, 4.69) is 0 Å². The number of amides is 1. The second kappa shape index (κ2) is 6.40. The predicted molar refractivity (Wildman–Crippen MR) is 73.6 cm³/mol. The van der Waals surface area contributed by atoms with E-state index in [0.717, 1.165) is 5.56 Å². The average Bonchev–Trinajstić information content (AvgIpc) is 2.31. The van der Waals surface area contributed by atoms with Gasteiger partial charge >= 0.3 is 0 Å². The van der Waals surface area contributed by atoms with Gasteiger partial charge < -0.3 is 15.4 Å². The third-order valence-electron chi connectivity index (χ3n) is 2.75. The summed E-state index contributed by atoms with van der Waals surface area (Å²) in [5.74, 6) is -0.0333. The summed E-state index contributed by atoms with van der Waals surface area (Å²) in [5, 5.41) is 0. The minimum Gasteiger partial charge on any atom is -0.398 e. The van der Waals surface area contributed by atoms with E-state index >= 15 is 0 Å². The second-order valence-electron chi connectivity index (χ2n) is 4.72. The number of anilines is 1. The van der Waals surface area contributed by atoms with Crippen LogP contribution in [-0.4, -0.2) is 37.1 Å². The van der Waals surface area contributed by atoms with Crippen LogP contribution in [0.25, 0.3) is 0 Å². The first-order valence-corrected chi connectivity index (χ1v) is 6.15. The molecule has 1 amide bonds. The van der Waals surface area contributed by atoms with Gasteiger partial charge in [0.1, 0.15) is 0 Å². The summed E-state index contributed by atoms with van der Waals surface area (Å²) in [6.45, 7) is 6.99. The number of nitrogens with zero attached hydrogens (tertiary/aromatic N) is 1. The standard InChI is InChI=1S/C14H22N2O2/c1-10(2)18-8-7-16(4)14(17)12-6-5-11(3)13(15)9-12/h5-6,9-10H,7-8,15H2,1-4H3. The van der Waals surface area contributed by atoms with Gasteiger partial charge in [0.15, 0.2) is 0 Å². The van der Waals surface area contributed by atoms with Crippen molar-refractivity contribution in [2.24, 2.45) is 0 Å². The lowest BCUT2D eigenvalue weighted by molar-refractivity contribution is 0.0532. The van der Waals surface area contributed by atoms with Crippen LogP contribution in [0.1, 0.15) is 29.8 Å². The molecule has 4 heteroatoms. The van der Waals surface area contributed by atoms with E-state index in [9.17, 15) is 4.79 Å². The monoisotopic (exact) mass is 250 g/mol. The molecular formula is C14H22N2O2. The number of carbonyl (C=O) groups is 1. The summed E-state index contributed by atoms with van der Waals surface area (Å²) in [4.78, 5) is 13.7. The summed E-state index contributed by atoms with van der Waals surface area (Å²) in [6, 6.07) is 5.38. The van der Waals surface area contributed by atoms with Crippen LogP contribution in [0.3, 0.4) is 0 Å². The van der Waals surface area contributed by atoms with Crippen molar-refractivity contribution in [3.63, 3.8) is 0 Å². The van der Waals surface area contributed by atoms with Crippen molar-refractivity contribution in [1.29, 1.82) is 0 Å². The van der Waals surface area contributed by atoms with Gasteiger partial charge in [0.25, 0.3) is 5.91 Å². The first-order chi connectivity index (χ1) is 8.41. The second-order valence-corrected chi connectivity index (χ2v) is 4.72. The number of benzene rings is 1. The molecule has 0 saturated carbocycles. The van der Waals surface area contributed by atoms with E-state index in [0.29, 0.717) is 24.4 Å². The molecule has 0 bridgehead atoms. The Bertz CT molecular complexity index is 416. The number of hydrogen-bond donors (Lipinski definition) is 1. The van der Waals surface area contributed by atoms with Crippen LogP contribution >= 0.6 is 0 Å². The number of likely N-dealkylation sites (N-methyl/N-ethyl adjacent to an activating group) is 1. The molecule has 0 saturated heterocycles. The Hall–Kier alpha value is -1.55. The molecule has 1 aromatic rings. The molecule has 4 nitrogen and oxygen atoms in total. The van der Waals surface area contributed by atoms with Gasteiger partial charge in [-0.15, -0.1) is 0 Å². The molecule has 1 rings (SSSR count). The molecule has 0 radical (unpaired) electrons. The Morgan fingerprint density at radius 3 is 2.67 bits per heavy atom. The number of carbonyl (C=O) groups excluding carboxylic acids is 1. The van der Waals surface area contributed by atoms with Gasteiger partial charge in [0.2, 0.25) is 0 Å². The SMILES string of the molecule is Cc1ccc(C(=O)N(C)CCOC(C)C)cc1N. The van der Waals surface area contributed by atoms with Gasteiger partial charge in [-0.1, -0.05) is 6.07 Å². The molecule has 0 aliphatic carbocycles. The fraction of sp³-hybridized carbons (Fsp3) is 0.500. The van der Waals surface area contributed by atoms with Crippen molar-refractivity contribution in [3.05, 3.63) is 29.3 Å². The smallest absolute Gasteiger partial charge is 0.253 e. The minimum absolute atomic E-state index is 0.0333. The molecular weight excluding hydrogens is 228 g/mol. The third-order valence-corrected chi connectivity index (χ3v) is 2.75. The number of ether oxygens (including phenoxy) is 1. The van der Waals surface area contributed by atoms with E-state index in [1.807, 2.05) is 26.8 Å². The number of nitrogen functional groups attached to an aromatic ring is 1. The highest BCUT2D eigenvalue weighted by Crippen LogP contribution is 2.14. The lowest BCUT2D eigenvalue weighted by atomic mass is 10.1. The van der Waals surface area contributed by atoms with Gasteiger partial charge in [0, 0.05) is 24.8 Å². The largest absolute Gasteiger partial charge is 0.398 e. The summed E-state index contributed by atoms with van der Waals surface area (Å²) in [7, 11) is 1.77. The highest BCUT2D eigenvalue weighted by Gasteiger charge is 2.12. The molecule has 0 fully saturated rings. The van der Waals surface area contributed by atoms with Crippen LogP contribution in [0, 0.1) is 6.92 Å². The summed E-state index contributed by atoms with van der Waals surface area (Å²) < 4.78 is 5.42. The fourth-order valence-corrected chi connectivity index (χ4v) is 1.52. The Kier molecular flexibility index (Phi) is 5.16. The quantitative estimate of drug-likeness (QED) is 0.814. The number of rotatable bonds is 5. The Labute approximate surface area is 109 Å². The van der Waals surface area contributed by atoms with E-state index in [4.69, 9.17) is 10.5 Å². The Morgan fingerprint density at radius 1 is 1.44 bits per heavy atom. The maximum atomic E-state index is 12.1. The summed E-state index contributed by atoms with van der Waals surface area (Å²) in [5.41, 5.74) is 8.05. The van der Waals surface area contributed by atoms with Gasteiger partial charge in [-0.2, -0.15) is 0 Å². The van der Waals surface area contributed by atoms with Crippen LogP contribution in [0.15, 0.2) is 18.2 Å². The highest BCUT2D eigenvalue weighted by atomic mass is 16.5. The van der Waals surface area contributed by atoms with Crippen molar-refractivity contribution in [3.8, 4) is 0 Å². The topological polar surface area (TPSA) is 55.6 Å². The summed E-state index contributed by atoms with van der Waals surface area (Å²) >= 11 is 0. The highest BCUT2D eigenvalue weighted by molar-refractivity contribution is 5.95. The third kappa shape index (κ3) is 4.04. The van der Waals surface area contributed by atoms with E-state index in [1.54, 1.807) is 24.1 Å². The number of hydrogen-bond acceptors (Lipinski definition) is 3. The van der Waals surface area contributed by atoms with E-state index in [-0.39, 0.29) is 12.0 Å². The van der Waals surface area contributed by atoms with Gasteiger partial charge in [-0.25, -0.2) is 0 Å². The first-order valence-electron chi connectivity index (χ1n) is 6.15.